The van der Waals surface area contributed by atoms with Crippen LogP contribution in [0.25, 0.3) is 0 Å². The number of rotatable bonds is 5. The minimum absolute atomic E-state index is 0.199. The third-order valence-electron chi connectivity index (χ3n) is 2.91. The van der Waals surface area contributed by atoms with Crippen molar-refractivity contribution in [1.29, 1.82) is 5.26 Å². The Morgan fingerprint density at radius 2 is 2.00 bits per heavy atom. The molecule has 90 valence electrons. The molecule has 1 N–H and O–H groups in total. The molecular weight excluding hydrogens is 212 g/mol. The second-order valence-electron chi connectivity index (χ2n) is 3.99. The number of nitrogens with one attached hydrogen (secondary N) is 1. The zero-order chi connectivity index (χ0) is 12.7. The van der Waals surface area contributed by atoms with Crippen molar-refractivity contribution in [2.45, 2.75) is 32.1 Å². The van der Waals surface area contributed by atoms with Crippen LogP contribution in [0, 0.1) is 11.3 Å². The standard InChI is InChI=1S/C14H18N2O/c1-3-10-16-13(17)14(4-2,11-15)12-8-6-5-7-9-12/h5-9H,3-4,10H2,1-2H3,(H,16,17). The molecule has 0 bridgehead atoms. The zero-order valence-electron chi connectivity index (χ0n) is 10.4. The molecule has 1 atom stereocenters. The van der Waals surface area contributed by atoms with Gasteiger partial charge in [0.05, 0.1) is 6.07 Å². The highest BCUT2D eigenvalue weighted by atomic mass is 16.2. The van der Waals surface area contributed by atoms with Crippen LogP contribution in [0.4, 0.5) is 0 Å². The summed E-state index contributed by atoms with van der Waals surface area (Å²) in [6.07, 6.45) is 1.34. The summed E-state index contributed by atoms with van der Waals surface area (Å²) in [5, 5.41) is 12.2. The van der Waals surface area contributed by atoms with Gasteiger partial charge in [-0.2, -0.15) is 5.26 Å². The highest BCUT2D eigenvalue weighted by molar-refractivity contribution is 5.91. The van der Waals surface area contributed by atoms with E-state index >= 15 is 0 Å². The summed E-state index contributed by atoms with van der Waals surface area (Å²) in [6, 6.07) is 11.4. The van der Waals surface area contributed by atoms with Gasteiger partial charge in [0, 0.05) is 6.54 Å². The van der Waals surface area contributed by atoms with Gasteiger partial charge in [0.1, 0.15) is 0 Å². The van der Waals surface area contributed by atoms with Gasteiger partial charge < -0.3 is 5.32 Å². The Morgan fingerprint density at radius 3 is 2.47 bits per heavy atom. The van der Waals surface area contributed by atoms with E-state index < -0.39 is 5.41 Å². The molecule has 0 radical (unpaired) electrons. The van der Waals surface area contributed by atoms with Gasteiger partial charge in [-0.3, -0.25) is 4.79 Å². The SMILES string of the molecule is CCCNC(=O)C(C#N)(CC)c1ccccc1. The maximum atomic E-state index is 12.2. The Balaban J connectivity index is 3.06. The number of amides is 1. The molecule has 1 unspecified atom stereocenters. The van der Waals surface area contributed by atoms with Gasteiger partial charge in [0.2, 0.25) is 5.91 Å². The molecule has 0 aliphatic rings. The van der Waals surface area contributed by atoms with Gasteiger partial charge >= 0.3 is 0 Å². The van der Waals surface area contributed by atoms with Crippen molar-refractivity contribution in [3.63, 3.8) is 0 Å². The lowest BCUT2D eigenvalue weighted by Crippen LogP contribution is -2.43. The predicted molar refractivity (Wildman–Crippen MR) is 67.3 cm³/mol. The monoisotopic (exact) mass is 230 g/mol. The second-order valence-corrected chi connectivity index (χ2v) is 3.99. The number of carbonyl (C=O) groups excluding carboxylic acids is 1. The van der Waals surface area contributed by atoms with Crippen molar-refractivity contribution >= 4 is 5.91 Å². The molecule has 3 heteroatoms. The van der Waals surface area contributed by atoms with Crippen molar-refractivity contribution in [3.8, 4) is 6.07 Å². The Hall–Kier alpha value is -1.82. The van der Waals surface area contributed by atoms with Crippen LogP contribution in [0.2, 0.25) is 0 Å². The topological polar surface area (TPSA) is 52.9 Å². The van der Waals surface area contributed by atoms with Crippen molar-refractivity contribution < 1.29 is 4.79 Å². The molecule has 1 amide bonds. The molecule has 1 rings (SSSR count). The summed E-state index contributed by atoms with van der Waals surface area (Å²) >= 11 is 0. The van der Waals surface area contributed by atoms with E-state index in [0.717, 1.165) is 12.0 Å². The summed E-state index contributed by atoms with van der Waals surface area (Å²) in [6.45, 7) is 4.46. The number of hydrogen-bond donors (Lipinski definition) is 1. The molecule has 1 aromatic carbocycles. The number of hydrogen-bond acceptors (Lipinski definition) is 2. The summed E-state index contributed by atoms with van der Waals surface area (Å²) in [4.78, 5) is 12.2. The molecule has 17 heavy (non-hydrogen) atoms. The maximum Gasteiger partial charge on any atom is 0.245 e. The summed E-state index contributed by atoms with van der Waals surface area (Å²) < 4.78 is 0. The van der Waals surface area contributed by atoms with Gasteiger partial charge in [-0.15, -0.1) is 0 Å². The largest absolute Gasteiger partial charge is 0.354 e. The average molecular weight is 230 g/mol. The smallest absolute Gasteiger partial charge is 0.245 e. The van der Waals surface area contributed by atoms with Crippen LogP contribution in [-0.4, -0.2) is 12.5 Å². The van der Waals surface area contributed by atoms with Crippen LogP contribution in [0.3, 0.4) is 0 Å². The molecule has 0 aliphatic heterocycles. The quantitative estimate of drug-likeness (QED) is 0.844. The lowest BCUT2D eigenvalue weighted by molar-refractivity contribution is -0.125. The average Bonchev–Trinajstić information content (AvgIpc) is 2.39. The Kier molecular flexibility index (Phi) is 4.71. The first-order valence-corrected chi connectivity index (χ1v) is 5.96. The van der Waals surface area contributed by atoms with Gasteiger partial charge in [-0.25, -0.2) is 0 Å². The van der Waals surface area contributed by atoms with Gasteiger partial charge in [-0.1, -0.05) is 44.2 Å². The zero-order valence-corrected chi connectivity index (χ0v) is 10.4. The normalized spacial score (nSPS) is 13.5. The second kappa shape index (κ2) is 6.05. The highest BCUT2D eigenvalue weighted by Crippen LogP contribution is 2.27. The summed E-state index contributed by atoms with van der Waals surface area (Å²) in [5.74, 6) is -0.199. The van der Waals surface area contributed by atoms with Crippen LogP contribution in [-0.2, 0) is 10.2 Å². The molecular formula is C14H18N2O. The van der Waals surface area contributed by atoms with Gasteiger partial charge in [0.25, 0.3) is 0 Å². The van der Waals surface area contributed by atoms with E-state index in [4.69, 9.17) is 0 Å². The molecule has 3 nitrogen and oxygen atoms in total. The highest BCUT2D eigenvalue weighted by Gasteiger charge is 2.38. The van der Waals surface area contributed by atoms with E-state index in [-0.39, 0.29) is 5.91 Å². The lowest BCUT2D eigenvalue weighted by atomic mass is 9.78. The first kappa shape index (κ1) is 13.2. The minimum Gasteiger partial charge on any atom is -0.354 e. The minimum atomic E-state index is -1.06. The molecule has 0 fully saturated rings. The number of nitriles is 1. The third kappa shape index (κ3) is 2.65. The Labute approximate surface area is 102 Å². The van der Waals surface area contributed by atoms with E-state index in [1.54, 1.807) is 0 Å². The molecule has 0 heterocycles. The van der Waals surface area contributed by atoms with Crippen LogP contribution in [0.5, 0.6) is 0 Å². The van der Waals surface area contributed by atoms with E-state index in [0.29, 0.717) is 13.0 Å². The van der Waals surface area contributed by atoms with Crippen LogP contribution < -0.4 is 5.32 Å². The van der Waals surface area contributed by atoms with Crippen molar-refractivity contribution in [1.82, 2.24) is 5.32 Å². The molecule has 0 saturated carbocycles. The lowest BCUT2D eigenvalue weighted by Gasteiger charge is -2.24. The molecule has 0 saturated heterocycles. The number of benzene rings is 1. The first-order valence-electron chi connectivity index (χ1n) is 5.96. The van der Waals surface area contributed by atoms with Crippen molar-refractivity contribution in [3.05, 3.63) is 35.9 Å². The van der Waals surface area contributed by atoms with Crippen molar-refractivity contribution in [2.24, 2.45) is 0 Å². The number of nitrogens with zero attached hydrogens (tertiary/aromatic N) is 1. The number of carbonyl (C=O) groups is 1. The van der Waals surface area contributed by atoms with E-state index in [1.165, 1.54) is 0 Å². The van der Waals surface area contributed by atoms with E-state index in [2.05, 4.69) is 11.4 Å². The fourth-order valence-corrected chi connectivity index (χ4v) is 1.80. The fraction of sp³-hybridized carbons (Fsp3) is 0.429. The fourth-order valence-electron chi connectivity index (χ4n) is 1.80. The van der Waals surface area contributed by atoms with E-state index in [9.17, 15) is 10.1 Å². The molecule has 0 spiro atoms. The van der Waals surface area contributed by atoms with Crippen LogP contribution in [0.1, 0.15) is 32.3 Å². The van der Waals surface area contributed by atoms with E-state index in [1.807, 2.05) is 44.2 Å². The van der Waals surface area contributed by atoms with Crippen LogP contribution in [0.15, 0.2) is 30.3 Å². The Morgan fingerprint density at radius 1 is 1.35 bits per heavy atom. The van der Waals surface area contributed by atoms with Gasteiger partial charge in [-0.05, 0) is 18.4 Å². The Bertz CT molecular complexity index is 408. The summed E-state index contributed by atoms with van der Waals surface area (Å²) in [7, 11) is 0. The summed E-state index contributed by atoms with van der Waals surface area (Å²) in [5.41, 5.74) is -0.297. The van der Waals surface area contributed by atoms with Gasteiger partial charge in [0.15, 0.2) is 5.41 Å². The van der Waals surface area contributed by atoms with Crippen molar-refractivity contribution in [2.75, 3.05) is 6.54 Å². The predicted octanol–water partition coefficient (Wildman–Crippen LogP) is 2.38. The molecule has 1 aromatic rings. The molecule has 0 aromatic heterocycles. The first-order chi connectivity index (χ1) is 8.21. The van der Waals surface area contributed by atoms with Crippen LogP contribution >= 0.6 is 0 Å². The maximum absolute atomic E-state index is 12.2. The third-order valence-corrected chi connectivity index (χ3v) is 2.91. The molecule has 0 aliphatic carbocycles.